The number of hydrogen-bond acceptors (Lipinski definition) is 1. The van der Waals surface area contributed by atoms with E-state index in [1.807, 2.05) is 6.08 Å². The molecule has 3 heteroatoms. The second-order valence-corrected chi connectivity index (χ2v) is 4.63. The van der Waals surface area contributed by atoms with Crippen molar-refractivity contribution < 1.29 is 0 Å². The van der Waals surface area contributed by atoms with E-state index in [-0.39, 0.29) is 0 Å². The molecule has 1 fully saturated rings. The van der Waals surface area contributed by atoms with Crippen LogP contribution in [0.3, 0.4) is 0 Å². The van der Waals surface area contributed by atoms with E-state index >= 15 is 0 Å². The number of thiol groups is 1. The van der Waals surface area contributed by atoms with Crippen molar-refractivity contribution in [1.82, 2.24) is 4.90 Å². The number of hydrogen-bond donors (Lipinski definition) is 1. The van der Waals surface area contributed by atoms with Crippen molar-refractivity contribution >= 4 is 29.2 Å². The standard InChI is InChI=1S/C10H17NS2/c1-2-8-11(10(12)13)9-6-4-3-5-7-9/h2,9H,1,3-8H2,(H,12,13). The summed E-state index contributed by atoms with van der Waals surface area (Å²) < 4.78 is 0.715. The molecule has 1 rings (SSSR count). The summed E-state index contributed by atoms with van der Waals surface area (Å²) in [5.74, 6) is 0. The molecule has 0 aromatic carbocycles. The molecule has 1 nitrogen and oxygen atoms in total. The van der Waals surface area contributed by atoms with Gasteiger partial charge >= 0.3 is 0 Å². The molecule has 1 saturated carbocycles. The van der Waals surface area contributed by atoms with Gasteiger partial charge in [0.15, 0.2) is 0 Å². The Hall–Kier alpha value is -0.0200. The predicted molar refractivity (Wildman–Crippen MR) is 65.4 cm³/mol. The van der Waals surface area contributed by atoms with E-state index in [9.17, 15) is 0 Å². The van der Waals surface area contributed by atoms with Crippen molar-refractivity contribution in [2.24, 2.45) is 0 Å². The molecule has 0 aromatic rings. The number of nitrogens with zero attached hydrogens (tertiary/aromatic N) is 1. The monoisotopic (exact) mass is 215 g/mol. The van der Waals surface area contributed by atoms with E-state index in [1.165, 1.54) is 32.1 Å². The third-order valence-corrected chi connectivity index (χ3v) is 3.08. The Morgan fingerprint density at radius 1 is 1.46 bits per heavy atom. The van der Waals surface area contributed by atoms with Crippen LogP contribution < -0.4 is 0 Å². The largest absolute Gasteiger partial charge is 0.351 e. The Kier molecular flexibility index (Phi) is 4.81. The number of thiocarbonyl (C=S) groups is 1. The minimum Gasteiger partial charge on any atom is -0.351 e. The zero-order valence-corrected chi connectivity index (χ0v) is 9.62. The van der Waals surface area contributed by atoms with Gasteiger partial charge in [-0.1, -0.05) is 37.6 Å². The highest BCUT2D eigenvalue weighted by atomic mass is 32.1. The Labute approximate surface area is 91.6 Å². The molecule has 1 aliphatic rings. The normalized spacial score (nSPS) is 18.2. The number of rotatable bonds is 3. The quantitative estimate of drug-likeness (QED) is 0.438. The van der Waals surface area contributed by atoms with Crippen molar-refractivity contribution in [3.8, 4) is 0 Å². The van der Waals surface area contributed by atoms with Gasteiger partial charge in [0.25, 0.3) is 0 Å². The maximum absolute atomic E-state index is 5.11. The Morgan fingerprint density at radius 2 is 2.08 bits per heavy atom. The highest BCUT2D eigenvalue weighted by Gasteiger charge is 2.20. The zero-order chi connectivity index (χ0) is 9.68. The lowest BCUT2D eigenvalue weighted by atomic mass is 9.94. The fourth-order valence-corrected chi connectivity index (χ4v) is 2.38. The van der Waals surface area contributed by atoms with Gasteiger partial charge in [-0.25, -0.2) is 0 Å². The summed E-state index contributed by atoms with van der Waals surface area (Å²) in [6, 6.07) is 0.608. The Balaban J connectivity index is 2.51. The summed E-state index contributed by atoms with van der Waals surface area (Å²) in [5, 5.41) is 0. The van der Waals surface area contributed by atoms with Crippen LogP contribution in [0.4, 0.5) is 0 Å². The molecule has 0 amide bonds. The Bertz CT molecular complexity index is 185. The summed E-state index contributed by atoms with van der Waals surface area (Å²) in [6.07, 6.45) is 8.45. The first-order chi connectivity index (χ1) is 6.25. The van der Waals surface area contributed by atoms with E-state index in [1.54, 1.807) is 0 Å². The van der Waals surface area contributed by atoms with Crippen molar-refractivity contribution in [3.05, 3.63) is 12.7 Å². The molecular weight excluding hydrogens is 198 g/mol. The summed E-state index contributed by atoms with van der Waals surface area (Å²) in [5.41, 5.74) is 0. The van der Waals surface area contributed by atoms with E-state index in [0.29, 0.717) is 10.4 Å². The van der Waals surface area contributed by atoms with E-state index in [2.05, 4.69) is 24.1 Å². The van der Waals surface area contributed by atoms with Crippen LogP contribution in [0.25, 0.3) is 0 Å². The molecular formula is C10H17NS2. The highest BCUT2D eigenvalue weighted by molar-refractivity contribution is 8.10. The smallest absolute Gasteiger partial charge is 0.133 e. The van der Waals surface area contributed by atoms with Gasteiger partial charge in [-0.3, -0.25) is 0 Å². The van der Waals surface area contributed by atoms with Crippen molar-refractivity contribution in [2.75, 3.05) is 6.54 Å². The first-order valence-electron chi connectivity index (χ1n) is 4.86. The first-order valence-corrected chi connectivity index (χ1v) is 5.71. The fourth-order valence-electron chi connectivity index (χ4n) is 1.92. The molecule has 0 atom stereocenters. The van der Waals surface area contributed by atoms with Gasteiger partial charge in [-0.05, 0) is 12.8 Å². The lowest BCUT2D eigenvalue weighted by Crippen LogP contribution is -2.38. The van der Waals surface area contributed by atoms with Gasteiger partial charge in [0, 0.05) is 12.6 Å². The minimum atomic E-state index is 0.608. The second-order valence-electron chi connectivity index (χ2n) is 3.52. The summed E-state index contributed by atoms with van der Waals surface area (Å²) in [7, 11) is 0. The molecule has 0 radical (unpaired) electrons. The molecule has 0 saturated heterocycles. The molecule has 0 aromatic heterocycles. The molecule has 0 heterocycles. The van der Waals surface area contributed by atoms with Gasteiger partial charge in [-0.15, -0.1) is 19.2 Å². The van der Waals surface area contributed by atoms with Crippen LogP contribution in [-0.4, -0.2) is 21.8 Å². The topological polar surface area (TPSA) is 3.24 Å². The Morgan fingerprint density at radius 3 is 2.54 bits per heavy atom. The fraction of sp³-hybridized carbons (Fsp3) is 0.700. The molecule has 1 aliphatic carbocycles. The van der Waals surface area contributed by atoms with Crippen LogP contribution >= 0.6 is 24.8 Å². The van der Waals surface area contributed by atoms with E-state index in [4.69, 9.17) is 12.2 Å². The average molecular weight is 215 g/mol. The summed E-state index contributed by atoms with van der Waals surface area (Å²) in [6.45, 7) is 4.58. The van der Waals surface area contributed by atoms with Gasteiger partial charge in [0.2, 0.25) is 0 Å². The maximum Gasteiger partial charge on any atom is 0.133 e. The zero-order valence-electron chi connectivity index (χ0n) is 7.91. The van der Waals surface area contributed by atoms with Crippen LogP contribution in [0.5, 0.6) is 0 Å². The van der Waals surface area contributed by atoms with Crippen molar-refractivity contribution in [2.45, 2.75) is 38.1 Å². The van der Waals surface area contributed by atoms with Gasteiger partial charge in [-0.2, -0.15) is 0 Å². The predicted octanol–water partition coefficient (Wildman–Crippen LogP) is 3.02. The third-order valence-electron chi connectivity index (χ3n) is 2.59. The van der Waals surface area contributed by atoms with Crippen molar-refractivity contribution in [3.63, 3.8) is 0 Å². The first kappa shape index (κ1) is 11.1. The SMILES string of the molecule is C=CCN(C(=S)S)C1CCCCC1. The van der Waals surface area contributed by atoms with Crippen LogP contribution in [-0.2, 0) is 0 Å². The van der Waals surface area contributed by atoms with E-state index in [0.717, 1.165) is 6.54 Å². The van der Waals surface area contributed by atoms with Crippen LogP contribution in [0, 0.1) is 0 Å². The lowest BCUT2D eigenvalue weighted by Gasteiger charge is -2.34. The lowest BCUT2D eigenvalue weighted by molar-refractivity contribution is 0.268. The summed E-state index contributed by atoms with van der Waals surface area (Å²) >= 11 is 9.35. The molecule has 0 unspecified atom stereocenters. The minimum absolute atomic E-state index is 0.608. The average Bonchev–Trinajstić information content (AvgIpc) is 2.15. The molecule has 0 spiro atoms. The van der Waals surface area contributed by atoms with Crippen molar-refractivity contribution in [1.29, 1.82) is 0 Å². The van der Waals surface area contributed by atoms with Crippen LogP contribution in [0.2, 0.25) is 0 Å². The summed E-state index contributed by atoms with van der Waals surface area (Å²) in [4.78, 5) is 2.19. The molecule has 13 heavy (non-hydrogen) atoms. The van der Waals surface area contributed by atoms with Crippen LogP contribution in [0.15, 0.2) is 12.7 Å². The van der Waals surface area contributed by atoms with E-state index < -0.39 is 0 Å². The van der Waals surface area contributed by atoms with Gasteiger partial charge in [0.05, 0.1) is 0 Å². The third kappa shape index (κ3) is 3.31. The molecule has 0 aliphatic heterocycles. The molecule has 74 valence electrons. The maximum atomic E-state index is 5.11. The molecule has 0 bridgehead atoms. The molecule has 0 N–H and O–H groups in total. The highest BCUT2D eigenvalue weighted by Crippen LogP contribution is 2.23. The van der Waals surface area contributed by atoms with Gasteiger partial charge in [0.1, 0.15) is 4.32 Å². The second kappa shape index (κ2) is 5.66. The van der Waals surface area contributed by atoms with Crippen LogP contribution in [0.1, 0.15) is 32.1 Å². The van der Waals surface area contributed by atoms with Gasteiger partial charge < -0.3 is 4.90 Å².